The number of aromatic nitrogens is 4. The average Bonchev–Trinajstić information content (AvgIpc) is 4.10. The van der Waals surface area contributed by atoms with Gasteiger partial charge >= 0.3 is 12.2 Å². The second-order valence-electron chi connectivity index (χ2n) is 14.8. The number of benzene rings is 4. The van der Waals surface area contributed by atoms with Crippen molar-refractivity contribution in [2.45, 2.75) is 50.4 Å². The van der Waals surface area contributed by atoms with E-state index < -0.39 is 18.2 Å². The minimum absolute atomic E-state index is 0.141. The molecule has 4 aromatic carbocycles. The van der Waals surface area contributed by atoms with E-state index in [0.717, 1.165) is 81.2 Å². The summed E-state index contributed by atoms with van der Waals surface area (Å²) in [6, 6.07) is 22.3. The van der Waals surface area contributed by atoms with Gasteiger partial charge in [-0.2, -0.15) is 0 Å². The first kappa shape index (κ1) is 36.7. The van der Waals surface area contributed by atoms with Crippen molar-refractivity contribution in [3.05, 3.63) is 102 Å². The minimum Gasteiger partial charge on any atom is -0.488 e. The van der Waals surface area contributed by atoms with Gasteiger partial charge in [0.1, 0.15) is 36.6 Å². The number of amides is 4. The van der Waals surface area contributed by atoms with Crippen molar-refractivity contribution in [1.29, 1.82) is 0 Å². The Hall–Kier alpha value is -6.90. The highest BCUT2D eigenvalue weighted by Gasteiger charge is 2.37. The first-order chi connectivity index (χ1) is 28.3. The van der Waals surface area contributed by atoms with E-state index in [4.69, 9.17) is 19.4 Å². The number of methoxy groups -OCH3 is 2. The molecule has 5 heterocycles. The molecule has 3 unspecified atom stereocenters. The summed E-state index contributed by atoms with van der Waals surface area (Å²) < 4.78 is 15.8. The van der Waals surface area contributed by atoms with Crippen LogP contribution in [0.4, 0.5) is 9.59 Å². The van der Waals surface area contributed by atoms with E-state index in [-0.39, 0.29) is 30.4 Å². The van der Waals surface area contributed by atoms with E-state index in [1.54, 1.807) is 16.0 Å². The van der Waals surface area contributed by atoms with Gasteiger partial charge in [-0.15, -0.1) is 0 Å². The fraction of sp³-hybridized carbons (Fsp3) is 0.302. The Labute approximate surface area is 333 Å². The van der Waals surface area contributed by atoms with Gasteiger partial charge in [0.2, 0.25) is 5.91 Å². The van der Waals surface area contributed by atoms with Crippen LogP contribution in [0.3, 0.4) is 0 Å². The van der Waals surface area contributed by atoms with Gasteiger partial charge in [0.15, 0.2) is 0 Å². The number of alkyl carbamates (subject to hydrolysis) is 2. The SMILES string of the molecule is COC(=O)NCC(=O)N1CCCC1c1nc2c(ccc3cc4c(cc32)OCc2cc(-c3cnc(C5CCCN5C(=O)C(NC(=O)OC)c5ccccc5)[nH]3)ccc2-4)[nH]1. The number of hydrogen-bond acceptors (Lipinski definition) is 9. The highest BCUT2D eigenvalue weighted by atomic mass is 16.5. The van der Waals surface area contributed by atoms with Crippen LogP contribution in [0.1, 0.15) is 66.6 Å². The molecule has 4 N–H and O–H groups in total. The van der Waals surface area contributed by atoms with Gasteiger partial charge in [0, 0.05) is 24.0 Å². The number of aromatic amines is 2. The van der Waals surface area contributed by atoms with Gasteiger partial charge in [-0.1, -0.05) is 48.5 Å². The van der Waals surface area contributed by atoms with E-state index in [0.29, 0.717) is 36.9 Å². The Balaban J connectivity index is 0.950. The fourth-order valence-electron chi connectivity index (χ4n) is 8.55. The molecule has 2 saturated heterocycles. The molecule has 3 atom stereocenters. The third-order valence-corrected chi connectivity index (χ3v) is 11.4. The number of H-pyrrole nitrogens is 2. The van der Waals surface area contributed by atoms with Crippen molar-refractivity contribution in [2.24, 2.45) is 0 Å². The first-order valence-corrected chi connectivity index (χ1v) is 19.4. The normalized spacial score (nSPS) is 17.7. The summed E-state index contributed by atoms with van der Waals surface area (Å²) in [6.45, 7) is 1.36. The van der Waals surface area contributed by atoms with Gasteiger partial charge in [0.25, 0.3) is 5.91 Å². The summed E-state index contributed by atoms with van der Waals surface area (Å²) >= 11 is 0. The molecule has 9 rings (SSSR count). The number of carbonyl (C=O) groups excluding carboxylic acids is 4. The van der Waals surface area contributed by atoms with Crippen LogP contribution in [-0.4, -0.2) is 87.6 Å². The van der Waals surface area contributed by atoms with Crippen molar-refractivity contribution < 1.29 is 33.4 Å². The Kier molecular flexibility index (Phi) is 9.63. The lowest BCUT2D eigenvalue weighted by Crippen LogP contribution is -2.42. The molecule has 2 fully saturated rings. The van der Waals surface area contributed by atoms with Crippen molar-refractivity contribution in [2.75, 3.05) is 33.9 Å². The second kappa shape index (κ2) is 15.2. The van der Waals surface area contributed by atoms with Crippen LogP contribution < -0.4 is 15.4 Å². The zero-order chi connectivity index (χ0) is 39.9. The Bertz CT molecular complexity index is 2570. The number of imidazole rings is 2. The lowest BCUT2D eigenvalue weighted by molar-refractivity contribution is -0.134. The smallest absolute Gasteiger partial charge is 0.407 e. The molecule has 15 nitrogen and oxygen atoms in total. The van der Waals surface area contributed by atoms with Crippen LogP contribution in [0.25, 0.3) is 44.2 Å². The van der Waals surface area contributed by atoms with Gasteiger partial charge in [-0.25, -0.2) is 19.6 Å². The molecule has 3 aliphatic heterocycles. The van der Waals surface area contributed by atoms with Crippen LogP contribution >= 0.6 is 0 Å². The molecule has 0 bridgehead atoms. The Morgan fingerprint density at radius 3 is 2.43 bits per heavy atom. The third kappa shape index (κ3) is 6.71. The van der Waals surface area contributed by atoms with Crippen LogP contribution in [0.15, 0.2) is 79.0 Å². The number of hydrogen-bond donors (Lipinski definition) is 4. The van der Waals surface area contributed by atoms with Crippen LogP contribution in [0.2, 0.25) is 0 Å². The van der Waals surface area contributed by atoms with Crippen molar-refractivity contribution >= 4 is 45.8 Å². The predicted molar refractivity (Wildman–Crippen MR) is 213 cm³/mol. The van der Waals surface area contributed by atoms with Gasteiger partial charge < -0.3 is 44.6 Å². The number of ether oxygens (including phenoxy) is 3. The second-order valence-corrected chi connectivity index (χ2v) is 14.8. The Morgan fingerprint density at radius 2 is 1.64 bits per heavy atom. The number of rotatable bonds is 8. The highest BCUT2D eigenvalue weighted by Crippen LogP contribution is 2.43. The number of likely N-dealkylation sites (tertiary alicyclic amines) is 2. The average molecular weight is 783 g/mol. The maximum Gasteiger partial charge on any atom is 0.407 e. The Morgan fingerprint density at radius 1 is 0.862 bits per heavy atom. The highest BCUT2D eigenvalue weighted by molar-refractivity contribution is 6.07. The monoisotopic (exact) mass is 782 g/mol. The molecule has 296 valence electrons. The molecule has 4 amide bonds. The summed E-state index contributed by atoms with van der Waals surface area (Å²) in [7, 11) is 2.54. The largest absolute Gasteiger partial charge is 0.488 e. The minimum atomic E-state index is -0.892. The molecule has 0 saturated carbocycles. The number of nitrogens with one attached hydrogen (secondary N) is 4. The lowest BCUT2D eigenvalue weighted by Gasteiger charge is -2.28. The predicted octanol–water partition coefficient (Wildman–Crippen LogP) is 6.45. The van der Waals surface area contributed by atoms with Crippen molar-refractivity contribution in [3.8, 4) is 28.1 Å². The third-order valence-electron chi connectivity index (χ3n) is 11.4. The number of carbonyl (C=O) groups is 4. The topological polar surface area (TPSA) is 184 Å². The van der Waals surface area contributed by atoms with E-state index in [1.807, 2.05) is 42.5 Å². The number of nitrogens with zero attached hydrogens (tertiary/aromatic N) is 4. The zero-order valence-corrected chi connectivity index (χ0v) is 32.0. The maximum atomic E-state index is 14.0. The molecule has 0 aliphatic carbocycles. The van der Waals surface area contributed by atoms with Crippen molar-refractivity contribution in [3.63, 3.8) is 0 Å². The summed E-state index contributed by atoms with van der Waals surface area (Å²) in [4.78, 5) is 71.0. The molecule has 0 spiro atoms. The summed E-state index contributed by atoms with van der Waals surface area (Å²) in [5.74, 6) is 1.76. The summed E-state index contributed by atoms with van der Waals surface area (Å²) in [5.41, 5.74) is 7.22. The first-order valence-electron chi connectivity index (χ1n) is 19.4. The van der Waals surface area contributed by atoms with Gasteiger partial charge in [-0.05, 0) is 77.6 Å². The lowest BCUT2D eigenvalue weighted by atomic mass is 9.92. The molecule has 6 aromatic rings. The molecule has 15 heteroatoms. The molecule has 3 aliphatic rings. The molecule has 2 aromatic heterocycles. The molecule has 0 radical (unpaired) electrons. The van der Waals surface area contributed by atoms with Crippen LogP contribution in [0.5, 0.6) is 5.75 Å². The van der Waals surface area contributed by atoms with E-state index in [2.05, 4.69) is 55.7 Å². The van der Waals surface area contributed by atoms with Crippen LogP contribution in [-0.2, 0) is 25.7 Å². The molecular weight excluding hydrogens is 741 g/mol. The zero-order valence-electron chi connectivity index (χ0n) is 32.0. The van der Waals surface area contributed by atoms with E-state index in [9.17, 15) is 19.2 Å². The number of fused-ring (bicyclic) bond motifs is 6. The van der Waals surface area contributed by atoms with Crippen LogP contribution in [0, 0.1) is 0 Å². The standard InChI is InChI=1S/C43H42N8O7/c1-56-42(54)45-22-36(52)50-16-6-11-34(50)40-46-31-15-13-25-19-30-28-14-12-26(18-27(28)23-58-35(30)20-29(25)38(31)48-40)32-21-44-39(47-32)33-10-7-17-51(33)41(53)37(49-43(55)57-2)24-8-4-3-5-9-24/h3-5,8-9,12-15,18-21,33-34,37H,6-7,10-11,16-17,22-23H2,1-2H3,(H,44,47)(H,45,54)(H,46,48)(H,49,55). The fourth-order valence-corrected chi connectivity index (χ4v) is 8.55. The molecule has 58 heavy (non-hydrogen) atoms. The quantitative estimate of drug-likeness (QED) is 0.135. The maximum absolute atomic E-state index is 14.0. The van der Waals surface area contributed by atoms with Gasteiger partial charge in [-0.3, -0.25) is 9.59 Å². The van der Waals surface area contributed by atoms with E-state index in [1.165, 1.54) is 14.2 Å². The van der Waals surface area contributed by atoms with Gasteiger partial charge in [0.05, 0.1) is 49.2 Å². The summed E-state index contributed by atoms with van der Waals surface area (Å²) in [5, 5.41) is 7.16. The van der Waals surface area contributed by atoms with E-state index >= 15 is 0 Å². The molecular formula is C43H42N8O7. The van der Waals surface area contributed by atoms with Crippen molar-refractivity contribution in [1.82, 2.24) is 40.4 Å². The summed E-state index contributed by atoms with van der Waals surface area (Å²) in [6.07, 6.45) is 3.63.